The fraction of sp³-hybridized carbons (Fsp3) is 0.226. The van der Waals surface area contributed by atoms with Crippen molar-refractivity contribution in [2.24, 2.45) is 0 Å². The van der Waals surface area contributed by atoms with E-state index in [1.54, 1.807) is 6.33 Å². The van der Waals surface area contributed by atoms with Crippen LogP contribution in [0.15, 0.2) is 85.7 Å². The topological polar surface area (TPSA) is 108 Å². The molecule has 5 aromatic rings. The molecule has 0 saturated carbocycles. The largest absolute Gasteiger partial charge is 0.492 e. The Balaban J connectivity index is 1.07. The molecule has 5 heterocycles. The highest BCUT2D eigenvalue weighted by molar-refractivity contribution is 6.08. The van der Waals surface area contributed by atoms with Crippen LogP contribution in [0.5, 0.6) is 5.75 Å². The van der Waals surface area contributed by atoms with E-state index in [1.165, 1.54) is 11.9 Å². The summed E-state index contributed by atoms with van der Waals surface area (Å²) in [5.74, 6) is 1.54. The SMILES string of the molecule is CN/C=C(\C=N)c1ccc(CNc2cc(-c3cnc4cc(OCCN5CCn6cccc6C5)ccn34)ncn2)cc1. The van der Waals surface area contributed by atoms with E-state index in [1.807, 2.05) is 72.5 Å². The first-order valence-electron chi connectivity index (χ1n) is 13.7. The molecule has 1 aliphatic rings. The molecule has 0 unspecified atom stereocenters. The molecule has 10 heteroatoms. The van der Waals surface area contributed by atoms with Crippen LogP contribution in [0.4, 0.5) is 5.82 Å². The summed E-state index contributed by atoms with van der Waals surface area (Å²) in [7, 11) is 1.83. The summed E-state index contributed by atoms with van der Waals surface area (Å²) in [4.78, 5) is 15.9. The van der Waals surface area contributed by atoms with Crippen molar-refractivity contribution in [1.82, 2.24) is 34.1 Å². The van der Waals surface area contributed by atoms with Gasteiger partial charge in [-0.1, -0.05) is 24.3 Å². The van der Waals surface area contributed by atoms with Gasteiger partial charge < -0.3 is 25.3 Å². The number of anilines is 1. The summed E-state index contributed by atoms with van der Waals surface area (Å²) in [6.45, 7) is 5.16. The highest BCUT2D eigenvalue weighted by Crippen LogP contribution is 2.23. The Kier molecular flexibility index (Phi) is 7.72. The molecule has 6 rings (SSSR count). The first-order valence-corrected chi connectivity index (χ1v) is 13.7. The van der Waals surface area contributed by atoms with Gasteiger partial charge >= 0.3 is 0 Å². The van der Waals surface area contributed by atoms with Gasteiger partial charge in [0.05, 0.1) is 17.6 Å². The van der Waals surface area contributed by atoms with Crippen LogP contribution >= 0.6 is 0 Å². The smallest absolute Gasteiger partial charge is 0.140 e. The predicted octanol–water partition coefficient (Wildman–Crippen LogP) is 4.31. The molecule has 0 amide bonds. The van der Waals surface area contributed by atoms with Crippen LogP contribution in [0.3, 0.4) is 0 Å². The van der Waals surface area contributed by atoms with Crippen molar-refractivity contribution in [3.8, 4) is 17.1 Å². The number of hydrogen-bond acceptors (Lipinski definition) is 8. The zero-order chi connectivity index (χ0) is 28.0. The minimum absolute atomic E-state index is 0.615. The van der Waals surface area contributed by atoms with Crippen molar-refractivity contribution in [2.45, 2.75) is 19.6 Å². The Labute approximate surface area is 238 Å². The number of allylic oxidation sites excluding steroid dienone is 1. The van der Waals surface area contributed by atoms with Gasteiger partial charge in [-0.3, -0.25) is 9.30 Å². The third-order valence-corrected chi connectivity index (χ3v) is 7.27. The summed E-state index contributed by atoms with van der Waals surface area (Å²) in [6, 6.07) is 18.3. The van der Waals surface area contributed by atoms with Crippen LogP contribution in [-0.2, 0) is 19.6 Å². The molecule has 208 valence electrons. The summed E-state index contributed by atoms with van der Waals surface area (Å²) in [5, 5.41) is 14.0. The number of nitrogens with zero attached hydrogens (tertiary/aromatic N) is 6. The number of pyridine rings is 1. The van der Waals surface area contributed by atoms with Crippen molar-refractivity contribution in [3.05, 3.63) is 103 Å². The maximum absolute atomic E-state index is 7.59. The molecular formula is C31H33N9O. The third kappa shape index (κ3) is 5.97. The number of ether oxygens (including phenoxy) is 1. The predicted molar refractivity (Wildman–Crippen MR) is 161 cm³/mol. The van der Waals surface area contributed by atoms with Crippen LogP contribution < -0.4 is 15.4 Å². The fourth-order valence-corrected chi connectivity index (χ4v) is 5.06. The normalized spacial score (nSPS) is 13.6. The van der Waals surface area contributed by atoms with E-state index in [0.717, 1.165) is 71.5 Å². The second-order valence-electron chi connectivity index (χ2n) is 9.92. The standard InChI is InChI=1S/C31H33N9O/c1-33-19-25(17-32)24-6-4-23(5-7-24)18-34-30-16-28(36-22-37-30)29-20-35-31-15-27(8-10-40(29)31)41-14-13-38-11-12-39-9-2-3-26(39)21-38/h2-10,15-17,19-20,22,32-33H,11-14,18,21H2,1H3,(H,34,36,37)/b25-19+,32-17?. The first kappa shape index (κ1) is 26.3. The zero-order valence-corrected chi connectivity index (χ0v) is 23.0. The second-order valence-corrected chi connectivity index (χ2v) is 9.92. The second kappa shape index (κ2) is 12.1. The number of benzene rings is 1. The number of nitrogens with one attached hydrogen (secondary N) is 3. The molecule has 0 aliphatic carbocycles. The Morgan fingerprint density at radius 2 is 1.95 bits per heavy atom. The van der Waals surface area contributed by atoms with Gasteiger partial charge in [0.2, 0.25) is 0 Å². The molecule has 4 aromatic heterocycles. The third-order valence-electron chi connectivity index (χ3n) is 7.27. The summed E-state index contributed by atoms with van der Waals surface area (Å²) in [5.41, 5.74) is 6.75. The van der Waals surface area contributed by atoms with Gasteiger partial charge in [0.25, 0.3) is 0 Å². The molecule has 0 saturated heterocycles. The summed E-state index contributed by atoms with van der Waals surface area (Å²) in [6.07, 6.45) is 10.7. The van der Waals surface area contributed by atoms with E-state index < -0.39 is 0 Å². The Morgan fingerprint density at radius 3 is 2.80 bits per heavy atom. The molecule has 0 atom stereocenters. The fourth-order valence-electron chi connectivity index (χ4n) is 5.06. The molecule has 0 spiro atoms. The minimum Gasteiger partial charge on any atom is -0.492 e. The quantitative estimate of drug-likeness (QED) is 0.212. The lowest BCUT2D eigenvalue weighted by Crippen LogP contribution is -2.35. The van der Waals surface area contributed by atoms with E-state index >= 15 is 0 Å². The molecule has 10 nitrogen and oxygen atoms in total. The molecule has 3 N–H and O–H groups in total. The monoisotopic (exact) mass is 547 g/mol. The molecule has 1 aromatic carbocycles. The van der Waals surface area contributed by atoms with Crippen molar-refractivity contribution in [2.75, 3.05) is 32.1 Å². The lowest BCUT2D eigenvalue weighted by Gasteiger charge is -2.28. The number of aromatic nitrogens is 5. The Morgan fingerprint density at radius 1 is 1.05 bits per heavy atom. The highest BCUT2D eigenvalue weighted by Gasteiger charge is 2.15. The average Bonchev–Trinajstić information content (AvgIpc) is 3.66. The van der Waals surface area contributed by atoms with E-state index in [-0.39, 0.29) is 0 Å². The van der Waals surface area contributed by atoms with E-state index in [4.69, 9.17) is 10.1 Å². The summed E-state index contributed by atoms with van der Waals surface area (Å²) < 4.78 is 10.4. The van der Waals surface area contributed by atoms with Gasteiger partial charge in [-0.2, -0.15) is 0 Å². The highest BCUT2D eigenvalue weighted by atomic mass is 16.5. The number of imidazole rings is 1. The van der Waals surface area contributed by atoms with Crippen LogP contribution in [0.1, 0.15) is 16.8 Å². The molecule has 0 fully saturated rings. The van der Waals surface area contributed by atoms with Gasteiger partial charge in [0.15, 0.2) is 0 Å². The zero-order valence-electron chi connectivity index (χ0n) is 23.0. The van der Waals surface area contributed by atoms with Crippen molar-refractivity contribution in [3.63, 3.8) is 0 Å². The Bertz CT molecular complexity index is 1670. The molecule has 41 heavy (non-hydrogen) atoms. The van der Waals surface area contributed by atoms with E-state index in [9.17, 15) is 0 Å². The number of fused-ring (bicyclic) bond motifs is 2. The lowest BCUT2D eigenvalue weighted by molar-refractivity contribution is 0.177. The van der Waals surface area contributed by atoms with Crippen LogP contribution in [0, 0.1) is 5.41 Å². The molecule has 0 radical (unpaired) electrons. The van der Waals surface area contributed by atoms with E-state index in [0.29, 0.717) is 13.2 Å². The van der Waals surface area contributed by atoms with Gasteiger partial charge in [-0.15, -0.1) is 0 Å². The molecular weight excluding hydrogens is 514 g/mol. The summed E-state index contributed by atoms with van der Waals surface area (Å²) >= 11 is 0. The van der Waals surface area contributed by atoms with Crippen LogP contribution in [-0.4, -0.2) is 61.8 Å². The molecule has 0 bridgehead atoms. The maximum Gasteiger partial charge on any atom is 0.140 e. The average molecular weight is 548 g/mol. The van der Waals surface area contributed by atoms with Crippen molar-refractivity contribution in [1.29, 1.82) is 5.41 Å². The van der Waals surface area contributed by atoms with Crippen molar-refractivity contribution < 1.29 is 4.74 Å². The lowest BCUT2D eigenvalue weighted by atomic mass is 10.1. The van der Waals surface area contributed by atoms with Gasteiger partial charge in [0.1, 0.15) is 30.1 Å². The van der Waals surface area contributed by atoms with Gasteiger partial charge in [-0.25, -0.2) is 15.0 Å². The maximum atomic E-state index is 7.59. The minimum atomic E-state index is 0.615. The van der Waals surface area contributed by atoms with Crippen LogP contribution in [0.25, 0.3) is 22.6 Å². The Hall–Kier alpha value is -4.96. The van der Waals surface area contributed by atoms with E-state index in [2.05, 4.69) is 53.4 Å². The number of hydrogen-bond donors (Lipinski definition) is 3. The molecule has 1 aliphatic heterocycles. The van der Waals surface area contributed by atoms with Crippen LogP contribution in [0.2, 0.25) is 0 Å². The number of rotatable bonds is 11. The van der Waals surface area contributed by atoms with Crippen molar-refractivity contribution >= 4 is 23.3 Å². The first-order chi connectivity index (χ1) is 20.2. The van der Waals surface area contributed by atoms with Gasteiger partial charge in [0, 0.05) is 88.0 Å². The van der Waals surface area contributed by atoms with Gasteiger partial charge in [-0.05, 0) is 29.3 Å².